The second-order valence-corrected chi connectivity index (χ2v) is 4.86. The summed E-state index contributed by atoms with van der Waals surface area (Å²) < 4.78 is 5.40. The monoisotopic (exact) mass is 250 g/mol. The van der Waals surface area contributed by atoms with Crippen LogP contribution in [0.5, 0.6) is 5.88 Å². The van der Waals surface area contributed by atoms with E-state index in [-0.39, 0.29) is 0 Å². The van der Waals surface area contributed by atoms with Crippen LogP contribution in [0.1, 0.15) is 26.7 Å². The highest BCUT2D eigenvalue weighted by molar-refractivity contribution is 5.39. The number of aromatic nitrogens is 2. The molecule has 1 fully saturated rings. The summed E-state index contributed by atoms with van der Waals surface area (Å²) in [6, 6.07) is 0.361. The number of nitrogens with two attached hydrogens (primary N) is 1. The molecule has 2 atom stereocenters. The van der Waals surface area contributed by atoms with Gasteiger partial charge in [-0.1, -0.05) is 6.92 Å². The van der Waals surface area contributed by atoms with Gasteiger partial charge in [-0.3, -0.25) is 4.98 Å². The molecule has 0 spiro atoms. The first-order chi connectivity index (χ1) is 8.74. The van der Waals surface area contributed by atoms with Gasteiger partial charge in [0.05, 0.1) is 19.0 Å². The van der Waals surface area contributed by atoms with Gasteiger partial charge in [-0.05, 0) is 25.7 Å². The second kappa shape index (κ2) is 6.00. The summed E-state index contributed by atoms with van der Waals surface area (Å²) in [5.41, 5.74) is 5.87. The maximum absolute atomic E-state index is 5.87. The molecular formula is C13H22N4O. The Kier molecular flexibility index (Phi) is 4.36. The number of anilines is 1. The highest BCUT2D eigenvalue weighted by Crippen LogP contribution is 2.26. The van der Waals surface area contributed by atoms with Crippen LogP contribution in [0.2, 0.25) is 0 Å². The van der Waals surface area contributed by atoms with Crippen LogP contribution in [0.25, 0.3) is 0 Å². The zero-order valence-corrected chi connectivity index (χ0v) is 11.2. The lowest BCUT2D eigenvalue weighted by Crippen LogP contribution is -2.46. The zero-order valence-electron chi connectivity index (χ0n) is 11.2. The third kappa shape index (κ3) is 2.90. The molecule has 2 heterocycles. The summed E-state index contributed by atoms with van der Waals surface area (Å²) in [4.78, 5) is 11.0. The van der Waals surface area contributed by atoms with Crippen LogP contribution >= 0.6 is 0 Å². The molecule has 1 saturated heterocycles. The molecule has 1 aromatic heterocycles. The van der Waals surface area contributed by atoms with Gasteiger partial charge in [0.1, 0.15) is 0 Å². The van der Waals surface area contributed by atoms with Crippen LogP contribution in [0.4, 0.5) is 5.82 Å². The number of rotatable bonds is 4. The van der Waals surface area contributed by atoms with Crippen molar-refractivity contribution in [3.05, 3.63) is 12.4 Å². The van der Waals surface area contributed by atoms with E-state index in [2.05, 4.69) is 21.8 Å². The van der Waals surface area contributed by atoms with E-state index >= 15 is 0 Å². The van der Waals surface area contributed by atoms with Gasteiger partial charge in [0.2, 0.25) is 5.88 Å². The van der Waals surface area contributed by atoms with Gasteiger partial charge in [-0.2, -0.15) is 4.98 Å². The molecule has 0 bridgehead atoms. The summed E-state index contributed by atoms with van der Waals surface area (Å²) in [6.07, 6.45) is 5.74. The smallest absolute Gasteiger partial charge is 0.234 e. The van der Waals surface area contributed by atoms with Crippen LogP contribution in [-0.2, 0) is 0 Å². The summed E-state index contributed by atoms with van der Waals surface area (Å²) in [5, 5.41) is 0. The minimum absolute atomic E-state index is 0.361. The zero-order chi connectivity index (χ0) is 13.0. The minimum atomic E-state index is 0.361. The van der Waals surface area contributed by atoms with Crippen molar-refractivity contribution in [3.8, 4) is 5.88 Å². The molecule has 0 radical (unpaired) electrons. The van der Waals surface area contributed by atoms with E-state index in [1.165, 1.54) is 6.42 Å². The van der Waals surface area contributed by atoms with Crippen LogP contribution in [0.15, 0.2) is 12.4 Å². The van der Waals surface area contributed by atoms with E-state index in [1.807, 2.05) is 6.92 Å². The first-order valence-electron chi connectivity index (χ1n) is 6.66. The van der Waals surface area contributed by atoms with Crippen molar-refractivity contribution >= 4 is 5.82 Å². The highest BCUT2D eigenvalue weighted by Gasteiger charge is 2.26. The lowest BCUT2D eigenvalue weighted by atomic mass is 9.92. The topological polar surface area (TPSA) is 64.3 Å². The number of piperidine rings is 1. The third-order valence-corrected chi connectivity index (χ3v) is 3.44. The van der Waals surface area contributed by atoms with E-state index in [9.17, 15) is 0 Å². The highest BCUT2D eigenvalue weighted by atomic mass is 16.5. The molecule has 1 aliphatic rings. The van der Waals surface area contributed by atoms with Gasteiger partial charge in [0.15, 0.2) is 5.82 Å². The molecule has 5 nitrogen and oxygen atoms in total. The van der Waals surface area contributed by atoms with Gasteiger partial charge in [0.25, 0.3) is 0 Å². The number of hydrogen-bond donors (Lipinski definition) is 1. The summed E-state index contributed by atoms with van der Waals surface area (Å²) >= 11 is 0. The Morgan fingerprint density at radius 2 is 2.33 bits per heavy atom. The van der Waals surface area contributed by atoms with Gasteiger partial charge >= 0.3 is 0 Å². The molecule has 1 aliphatic heterocycles. The molecule has 18 heavy (non-hydrogen) atoms. The van der Waals surface area contributed by atoms with E-state index in [4.69, 9.17) is 10.5 Å². The molecule has 0 saturated carbocycles. The van der Waals surface area contributed by atoms with Crippen molar-refractivity contribution in [2.45, 2.75) is 32.7 Å². The first-order valence-corrected chi connectivity index (χ1v) is 6.66. The Bertz CT molecular complexity index is 385. The lowest BCUT2D eigenvalue weighted by Gasteiger charge is -2.38. The molecule has 2 rings (SSSR count). The van der Waals surface area contributed by atoms with Crippen molar-refractivity contribution in [1.29, 1.82) is 0 Å². The average molecular weight is 250 g/mol. The molecule has 5 heteroatoms. The molecule has 0 aromatic carbocycles. The molecule has 0 amide bonds. The predicted molar refractivity (Wildman–Crippen MR) is 71.8 cm³/mol. The van der Waals surface area contributed by atoms with Crippen molar-refractivity contribution in [2.75, 3.05) is 24.6 Å². The normalized spacial score (nSPS) is 24.1. The summed E-state index contributed by atoms with van der Waals surface area (Å²) in [6.45, 7) is 6.48. The molecule has 2 N–H and O–H groups in total. The Morgan fingerprint density at radius 1 is 1.50 bits per heavy atom. The molecule has 1 aromatic rings. The van der Waals surface area contributed by atoms with E-state index in [0.29, 0.717) is 25.1 Å². The van der Waals surface area contributed by atoms with E-state index < -0.39 is 0 Å². The Balaban J connectivity index is 2.16. The van der Waals surface area contributed by atoms with Crippen LogP contribution in [0.3, 0.4) is 0 Å². The molecule has 2 unspecified atom stereocenters. The Morgan fingerprint density at radius 3 is 3.06 bits per heavy atom. The fraction of sp³-hybridized carbons (Fsp3) is 0.692. The van der Waals surface area contributed by atoms with Crippen LogP contribution in [-0.4, -0.2) is 35.7 Å². The maximum atomic E-state index is 5.87. The Hall–Kier alpha value is -1.36. The Labute approximate surface area is 108 Å². The fourth-order valence-corrected chi connectivity index (χ4v) is 2.47. The van der Waals surface area contributed by atoms with Gasteiger partial charge in [-0.15, -0.1) is 0 Å². The standard InChI is InChI=1S/C13H22N4O/c1-3-18-13-9-15-8-12(16-13)17-5-4-10(2)6-11(17)7-14/h8-11H,3-7,14H2,1-2H3. The summed E-state index contributed by atoms with van der Waals surface area (Å²) in [5.74, 6) is 2.20. The first kappa shape index (κ1) is 13.1. The number of hydrogen-bond acceptors (Lipinski definition) is 5. The van der Waals surface area contributed by atoms with Gasteiger partial charge < -0.3 is 15.4 Å². The maximum Gasteiger partial charge on any atom is 0.234 e. The van der Waals surface area contributed by atoms with Crippen LogP contribution < -0.4 is 15.4 Å². The fourth-order valence-electron chi connectivity index (χ4n) is 2.47. The van der Waals surface area contributed by atoms with Crippen molar-refractivity contribution in [2.24, 2.45) is 11.7 Å². The van der Waals surface area contributed by atoms with Crippen molar-refractivity contribution in [3.63, 3.8) is 0 Å². The molecule has 100 valence electrons. The van der Waals surface area contributed by atoms with E-state index in [1.54, 1.807) is 12.4 Å². The molecular weight excluding hydrogens is 228 g/mol. The minimum Gasteiger partial charge on any atom is -0.477 e. The molecule has 0 aliphatic carbocycles. The van der Waals surface area contributed by atoms with Crippen molar-refractivity contribution < 1.29 is 4.74 Å². The lowest BCUT2D eigenvalue weighted by molar-refractivity contribution is 0.323. The number of nitrogens with zero attached hydrogens (tertiary/aromatic N) is 3. The van der Waals surface area contributed by atoms with Gasteiger partial charge in [0, 0.05) is 19.1 Å². The SMILES string of the molecule is CCOc1cncc(N2CCC(C)CC2CN)n1. The van der Waals surface area contributed by atoms with Crippen LogP contribution in [0, 0.1) is 5.92 Å². The van der Waals surface area contributed by atoms with Gasteiger partial charge in [-0.25, -0.2) is 0 Å². The quantitative estimate of drug-likeness (QED) is 0.876. The average Bonchev–Trinajstić information content (AvgIpc) is 2.39. The largest absolute Gasteiger partial charge is 0.477 e. The third-order valence-electron chi connectivity index (χ3n) is 3.44. The second-order valence-electron chi connectivity index (χ2n) is 4.86. The van der Waals surface area contributed by atoms with Crippen molar-refractivity contribution in [1.82, 2.24) is 9.97 Å². The number of ether oxygens (including phenoxy) is 1. The predicted octanol–water partition coefficient (Wildman–Crippen LogP) is 1.44. The van der Waals surface area contributed by atoms with E-state index in [0.717, 1.165) is 24.7 Å². The summed E-state index contributed by atoms with van der Waals surface area (Å²) in [7, 11) is 0.